The van der Waals surface area contributed by atoms with E-state index in [1.807, 2.05) is 0 Å². The topological polar surface area (TPSA) is 138 Å². The molecule has 1 aromatic heterocycles. The average molecular weight is 446 g/mol. The van der Waals surface area contributed by atoms with Gasteiger partial charge in [0.15, 0.2) is 12.4 Å². The number of carbonyl (C=O) groups excluding carboxylic acids is 2. The molecule has 0 atom stereocenters. The van der Waals surface area contributed by atoms with E-state index in [2.05, 4.69) is 15.4 Å². The quantitative estimate of drug-likeness (QED) is 0.317. The number of anilines is 1. The second-order valence-electron chi connectivity index (χ2n) is 6.00. The minimum atomic E-state index is -0.899. The fourth-order valence-corrected chi connectivity index (χ4v) is 2.78. The molecular formula is C19H16ClN5O6. The van der Waals surface area contributed by atoms with Crippen LogP contribution in [0.4, 0.5) is 11.4 Å². The third-order valence-electron chi connectivity index (χ3n) is 3.92. The molecule has 31 heavy (non-hydrogen) atoms. The lowest BCUT2D eigenvalue weighted by Crippen LogP contribution is -2.22. The van der Waals surface area contributed by atoms with Crippen molar-refractivity contribution in [1.82, 2.24) is 14.8 Å². The molecule has 0 radical (unpaired) electrons. The number of benzene rings is 2. The van der Waals surface area contributed by atoms with Gasteiger partial charge in [0.25, 0.3) is 5.91 Å². The van der Waals surface area contributed by atoms with E-state index >= 15 is 0 Å². The van der Waals surface area contributed by atoms with Gasteiger partial charge in [-0.25, -0.2) is 14.5 Å². The minimum Gasteiger partial charge on any atom is -0.487 e. The van der Waals surface area contributed by atoms with Crippen molar-refractivity contribution in [1.29, 1.82) is 0 Å². The van der Waals surface area contributed by atoms with Gasteiger partial charge in [-0.15, -0.1) is 0 Å². The van der Waals surface area contributed by atoms with Crippen LogP contribution in [0.5, 0.6) is 5.75 Å². The highest BCUT2D eigenvalue weighted by molar-refractivity contribution is 6.31. The van der Waals surface area contributed by atoms with Crippen LogP contribution < -0.4 is 10.1 Å². The van der Waals surface area contributed by atoms with Crippen molar-refractivity contribution in [2.75, 3.05) is 18.5 Å². The number of hydrogen-bond acceptors (Lipinski definition) is 8. The van der Waals surface area contributed by atoms with E-state index in [1.54, 1.807) is 19.1 Å². The molecule has 1 amide bonds. The van der Waals surface area contributed by atoms with Crippen LogP contribution in [0.2, 0.25) is 5.02 Å². The molecule has 1 heterocycles. The fourth-order valence-electron chi connectivity index (χ4n) is 2.61. The normalized spacial score (nSPS) is 10.4. The Kier molecular flexibility index (Phi) is 6.78. The first-order chi connectivity index (χ1) is 14.9. The number of ether oxygens (including phenoxy) is 2. The maximum Gasteiger partial charge on any atom is 0.338 e. The van der Waals surface area contributed by atoms with Crippen LogP contribution in [0.1, 0.15) is 17.3 Å². The summed E-state index contributed by atoms with van der Waals surface area (Å²) in [5.74, 6) is -1.51. The Morgan fingerprint density at radius 1 is 1.26 bits per heavy atom. The van der Waals surface area contributed by atoms with E-state index in [-0.39, 0.29) is 23.6 Å². The Balaban J connectivity index is 1.68. The summed E-state index contributed by atoms with van der Waals surface area (Å²) in [7, 11) is 0. The molecule has 0 aliphatic carbocycles. The third kappa shape index (κ3) is 5.34. The molecule has 160 valence electrons. The Morgan fingerprint density at radius 2 is 2.06 bits per heavy atom. The van der Waals surface area contributed by atoms with E-state index in [4.69, 9.17) is 21.1 Å². The van der Waals surface area contributed by atoms with Crippen LogP contribution in [-0.4, -0.2) is 44.8 Å². The van der Waals surface area contributed by atoms with Gasteiger partial charge in [-0.05, 0) is 37.3 Å². The van der Waals surface area contributed by atoms with E-state index in [9.17, 15) is 19.7 Å². The Hall–Kier alpha value is -3.99. The number of rotatable bonds is 8. The summed E-state index contributed by atoms with van der Waals surface area (Å²) in [5.41, 5.74) is 0.366. The minimum absolute atomic E-state index is 0.0309. The first kappa shape index (κ1) is 21.7. The second kappa shape index (κ2) is 9.67. The zero-order chi connectivity index (χ0) is 22.4. The van der Waals surface area contributed by atoms with Crippen molar-refractivity contribution in [2.45, 2.75) is 6.92 Å². The molecule has 0 saturated heterocycles. The molecule has 0 spiro atoms. The van der Waals surface area contributed by atoms with Gasteiger partial charge in [-0.2, -0.15) is 5.10 Å². The summed E-state index contributed by atoms with van der Waals surface area (Å²) in [5, 5.41) is 18.1. The standard InChI is InChI=1S/C19H16ClN5O6/c1-2-30-17-6-3-12(7-16(17)25(28)29)19(27)31-9-18(26)23-14-8-13(20)4-5-15(14)24-11-21-10-22-24/h3-8,10-11H,2,9H2,1H3,(H,23,26). The van der Waals surface area contributed by atoms with Gasteiger partial charge >= 0.3 is 11.7 Å². The molecule has 12 heteroatoms. The molecule has 0 saturated carbocycles. The molecule has 1 N–H and O–H groups in total. The average Bonchev–Trinajstić information content (AvgIpc) is 3.27. The zero-order valence-corrected chi connectivity index (χ0v) is 16.9. The van der Waals surface area contributed by atoms with E-state index in [0.717, 1.165) is 6.07 Å². The lowest BCUT2D eigenvalue weighted by molar-refractivity contribution is -0.385. The first-order valence-electron chi connectivity index (χ1n) is 8.91. The summed E-state index contributed by atoms with van der Waals surface area (Å²) in [6.45, 7) is 1.28. The number of esters is 1. The maximum absolute atomic E-state index is 12.3. The van der Waals surface area contributed by atoms with Gasteiger partial charge in [-0.1, -0.05) is 11.6 Å². The van der Waals surface area contributed by atoms with Crippen molar-refractivity contribution >= 4 is 34.9 Å². The van der Waals surface area contributed by atoms with Crippen LogP contribution in [0.25, 0.3) is 5.69 Å². The van der Waals surface area contributed by atoms with Gasteiger partial charge in [-0.3, -0.25) is 14.9 Å². The maximum atomic E-state index is 12.3. The van der Waals surface area contributed by atoms with Gasteiger partial charge in [0.2, 0.25) is 0 Å². The molecule has 0 aliphatic rings. The van der Waals surface area contributed by atoms with Crippen LogP contribution in [0.3, 0.4) is 0 Å². The molecule has 0 aliphatic heterocycles. The van der Waals surface area contributed by atoms with Gasteiger partial charge < -0.3 is 14.8 Å². The fraction of sp³-hybridized carbons (Fsp3) is 0.158. The largest absolute Gasteiger partial charge is 0.487 e. The summed E-state index contributed by atoms with van der Waals surface area (Å²) >= 11 is 6.00. The van der Waals surface area contributed by atoms with Crippen LogP contribution >= 0.6 is 11.6 Å². The molecule has 3 rings (SSSR count). The van der Waals surface area contributed by atoms with Crippen molar-refractivity contribution in [2.24, 2.45) is 0 Å². The van der Waals surface area contributed by atoms with E-state index in [1.165, 1.54) is 35.5 Å². The highest BCUT2D eigenvalue weighted by atomic mass is 35.5. The molecular weight excluding hydrogens is 430 g/mol. The molecule has 11 nitrogen and oxygen atoms in total. The molecule has 0 fully saturated rings. The highest BCUT2D eigenvalue weighted by Crippen LogP contribution is 2.28. The Labute approximate surface area is 180 Å². The smallest absolute Gasteiger partial charge is 0.338 e. The number of nitro benzene ring substituents is 1. The van der Waals surface area contributed by atoms with Crippen molar-refractivity contribution < 1.29 is 24.0 Å². The van der Waals surface area contributed by atoms with Crippen molar-refractivity contribution in [3.8, 4) is 11.4 Å². The van der Waals surface area contributed by atoms with Gasteiger partial charge in [0, 0.05) is 11.1 Å². The SMILES string of the molecule is CCOc1ccc(C(=O)OCC(=O)Nc2cc(Cl)ccc2-n2cncn2)cc1[N+](=O)[O-]. The van der Waals surface area contributed by atoms with Gasteiger partial charge in [0.05, 0.1) is 28.5 Å². The molecule has 0 bridgehead atoms. The third-order valence-corrected chi connectivity index (χ3v) is 4.16. The van der Waals surface area contributed by atoms with E-state index < -0.39 is 23.4 Å². The van der Waals surface area contributed by atoms with Gasteiger partial charge in [0.1, 0.15) is 12.7 Å². The second-order valence-corrected chi connectivity index (χ2v) is 6.43. The number of amides is 1. The number of halogens is 1. The highest BCUT2D eigenvalue weighted by Gasteiger charge is 2.20. The Bertz CT molecular complexity index is 1120. The number of hydrogen-bond donors (Lipinski definition) is 1. The van der Waals surface area contributed by atoms with Crippen molar-refractivity contribution in [3.05, 3.63) is 69.8 Å². The predicted molar refractivity (Wildman–Crippen MR) is 110 cm³/mol. The summed E-state index contributed by atoms with van der Waals surface area (Å²) in [6, 6.07) is 8.41. The number of aromatic nitrogens is 3. The Morgan fingerprint density at radius 3 is 2.74 bits per heavy atom. The number of nitro groups is 1. The summed E-state index contributed by atoms with van der Waals surface area (Å²) in [6.07, 6.45) is 2.77. The number of nitrogens with one attached hydrogen (secondary N) is 1. The number of nitrogens with zero attached hydrogens (tertiary/aromatic N) is 4. The molecule has 3 aromatic rings. The van der Waals surface area contributed by atoms with Crippen LogP contribution in [-0.2, 0) is 9.53 Å². The van der Waals surface area contributed by atoms with Crippen LogP contribution in [0.15, 0.2) is 49.1 Å². The van der Waals surface area contributed by atoms with Crippen LogP contribution in [0, 0.1) is 10.1 Å². The zero-order valence-electron chi connectivity index (χ0n) is 16.1. The number of carbonyl (C=O) groups is 2. The monoisotopic (exact) mass is 445 g/mol. The lowest BCUT2D eigenvalue weighted by Gasteiger charge is -2.12. The summed E-state index contributed by atoms with van der Waals surface area (Å²) in [4.78, 5) is 38.9. The molecule has 2 aromatic carbocycles. The lowest BCUT2D eigenvalue weighted by atomic mass is 10.2. The first-order valence-corrected chi connectivity index (χ1v) is 9.29. The van der Waals surface area contributed by atoms with Crippen molar-refractivity contribution in [3.63, 3.8) is 0 Å². The van der Waals surface area contributed by atoms with E-state index in [0.29, 0.717) is 16.4 Å². The summed E-state index contributed by atoms with van der Waals surface area (Å²) < 4.78 is 11.6. The predicted octanol–water partition coefficient (Wildman–Crippen LogP) is 3.02. The molecule has 0 unspecified atom stereocenters.